The zero-order chi connectivity index (χ0) is 7.82. The molecule has 0 aliphatic rings. The van der Waals surface area contributed by atoms with Gasteiger partial charge in [-0.25, -0.2) is 4.79 Å². The molecule has 4 nitrogen and oxygen atoms in total. The number of esters is 1. The van der Waals surface area contributed by atoms with Gasteiger partial charge in [0.05, 0.1) is 6.61 Å². The van der Waals surface area contributed by atoms with Crippen LogP contribution < -0.4 is 5.32 Å². The lowest BCUT2D eigenvalue weighted by Gasteiger charge is -2.01. The van der Waals surface area contributed by atoms with Crippen molar-refractivity contribution in [1.29, 1.82) is 0 Å². The van der Waals surface area contributed by atoms with Crippen LogP contribution in [0.15, 0.2) is 12.7 Å². The van der Waals surface area contributed by atoms with Crippen LogP contribution in [0.2, 0.25) is 0 Å². The Kier molecular flexibility index (Phi) is 5.71. The van der Waals surface area contributed by atoms with Gasteiger partial charge >= 0.3 is 5.97 Å². The maximum Gasteiger partial charge on any atom is 0.331 e. The second-order valence-electron chi connectivity index (χ2n) is 1.54. The molecule has 0 heterocycles. The standard InChI is InChI=1S/C6H11NO3/c1-2-6(9)10-5-7-3-4-8/h2,7-8H,1,3-5H2. The third-order valence-electron chi connectivity index (χ3n) is 0.772. The second kappa shape index (κ2) is 6.25. The molecule has 10 heavy (non-hydrogen) atoms. The van der Waals surface area contributed by atoms with Gasteiger partial charge in [0.15, 0.2) is 0 Å². The largest absolute Gasteiger partial charge is 0.447 e. The van der Waals surface area contributed by atoms with Gasteiger partial charge in [0.2, 0.25) is 0 Å². The molecule has 0 fully saturated rings. The molecule has 0 saturated carbocycles. The van der Waals surface area contributed by atoms with Crippen molar-refractivity contribution in [2.75, 3.05) is 19.9 Å². The van der Waals surface area contributed by atoms with E-state index in [1.165, 1.54) is 0 Å². The molecule has 0 rings (SSSR count). The average Bonchev–Trinajstić information content (AvgIpc) is 1.98. The van der Waals surface area contributed by atoms with Gasteiger partial charge in [-0.15, -0.1) is 0 Å². The molecule has 2 N–H and O–H groups in total. The van der Waals surface area contributed by atoms with Crippen LogP contribution in [0.4, 0.5) is 0 Å². The van der Waals surface area contributed by atoms with Gasteiger partial charge in [0.1, 0.15) is 6.73 Å². The molecule has 58 valence electrons. The molecular formula is C6H11NO3. The van der Waals surface area contributed by atoms with Crippen molar-refractivity contribution < 1.29 is 14.6 Å². The SMILES string of the molecule is C=CC(=O)OCNCCO. The van der Waals surface area contributed by atoms with E-state index in [9.17, 15) is 4.79 Å². The third kappa shape index (κ3) is 5.27. The highest BCUT2D eigenvalue weighted by Crippen LogP contribution is 1.74. The highest BCUT2D eigenvalue weighted by Gasteiger charge is 1.91. The van der Waals surface area contributed by atoms with Gasteiger partial charge in [-0.05, 0) is 0 Å². The molecule has 0 aliphatic heterocycles. The first kappa shape index (κ1) is 9.13. The van der Waals surface area contributed by atoms with E-state index in [-0.39, 0.29) is 13.3 Å². The molecular weight excluding hydrogens is 134 g/mol. The van der Waals surface area contributed by atoms with E-state index in [0.717, 1.165) is 6.08 Å². The Bertz CT molecular complexity index is 114. The molecule has 0 amide bonds. The Labute approximate surface area is 59.5 Å². The molecule has 0 aromatic heterocycles. The number of ether oxygens (including phenoxy) is 1. The Hall–Kier alpha value is -0.870. The summed E-state index contributed by atoms with van der Waals surface area (Å²) in [6.07, 6.45) is 1.08. The van der Waals surface area contributed by atoms with E-state index >= 15 is 0 Å². The van der Waals surface area contributed by atoms with Crippen molar-refractivity contribution in [3.8, 4) is 0 Å². The molecule has 0 aromatic rings. The quantitative estimate of drug-likeness (QED) is 0.231. The lowest BCUT2D eigenvalue weighted by atomic mass is 10.6. The summed E-state index contributed by atoms with van der Waals surface area (Å²) >= 11 is 0. The summed E-state index contributed by atoms with van der Waals surface area (Å²) in [4.78, 5) is 10.3. The van der Waals surface area contributed by atoms with Crippen LogP contribution in [0.1, 0.15) is 0 Å². The third-order valence-corrected chi connectivity index (χ3v) is 0.772. The maximum atomic E-state index is 10.3. The highest BCUT2D eigenvalue weighted by atomic mass is 16.5. The molecule has 0 spiro atoms. The molecule has 0 atom stereocenters. The Balaban J connectivity index is 3.03. The predicted molar refractivity (Wildman–Crippen MR) is 36.2 cm³/mol. The number of hydrogen-bond donors (Lipinski definition) is 2. The monoisotopic (exact) mass is 145 g/mol. The minimum atomic E-state index is -0.467. The minimum Gasteiger partial charge on any atom is -0.447 e. The number of aliphatic hydroxyl groups excluding tert-OH is 1. The number of rotatable bonds is 5. The summed E-state index contributed by atoms with van der Waals surface area (Å²) in [6, 6.07) is 0. The summed E-state index contributed by atoms with van der Waals surface area (Å²) in [5, 5.41) is 10.9. The van der Waals surface area contributed by atoms with Crippen molar-refractivity contribution in [1.82, 2.24) is 5.32 Å². The van der Waals surface area contributed by atoms with Gasteiger partial charge < -0.3 is 9.84 Å². The van der Waals surface area contributed by atoms with E-state index in [2.05, 4.69) is 16.6 Å². The van der Waals surface area contributed by atoms with Crippen molar-refractivity contribution in [3.63, 3.8) is 0 Å². The molecule has 0 bridgehead atoms. The van der Waals surface area contributed by atoms with Gasteiger partial charge in [-0.2, -0.15) is 0 Å². The van der Waals surface area contributed by atoms with Crippen molar-refractivity contribution in [2.45, 2.75) is 0 Å². The van der Waals surface area contributed by atoms with E-state index in [4.69, 9.17) is 5.11 Å². The summed E-state index contributed by atoms with van der Waals surface area (Å²) in [7, 11) is 0. The van der Waals surface area contributed by atoms with Crippen LogP contribution in [0.3, 0.4) is 0 Å². The van der Waals surface area contributed by atoms with Gasteiger partial charge in [0.25, 0.3) is 0 Å². The summed E-state index contributed by atoms with van der Waals surface area (Å²) in [5.74, 6) is -0.467. The molecule has 0 aromatic carbocycles. The number of hydrogen-bond acceptors (Lipinski definition) is 4. The number of aliphatic hydroxyl groups is 1. The summed E-state index contributed by atoms with van der Waals surface area (Å²) in [5.41, 5.74) is 0. The topological polar surface area (TPSA) is 58.6 Å². The van der Waals surface area contributed by atoms with Crippen LogP contribution in [0.25, 0.3) is 0 Å². The van der Waals surface area contributed by atoms with Crippen molar-refractivity contribution in [3.05, 3.63) is 12.7 Å². The zero-order valence-electron chi connectivity index (χ0n) is 5.67. The van der Waals surface area contributed by atoms with E-state index in [0.29, 0.717) is 6.54 Å². The Morgan fingerprint density at radius 3 is 3.00 bits per heavy atom. The fourth-order valence-electron chi connectivity index (χ4n) is 0.332. The highest BCUT2D eigenvalue weighted by molar-refractivity contribution is 5.81. The Morgan fingerprint density at radius 2 is 2.50 bits per heavy atom. The molecule has 0 unspecified atom stereocenters. The van der Waals surface area contributed by atoms with Crippen LogP contribution in [0.5, 0.6) is 0 Å². The van der Waals surface area contributed by atoms with E-state index in [1.807, 2.05) is 0 Å². The lowest BCUT2D eigenvalue weighted by Crippen LogP contribution is -2.22. The van der Waals surface area contributed by atoms with Crippen LogP contribution in [-0.4, -0.2) is 31.0 Å². The van der Waals surface area contributed by atoms with Crippen molar-refractivity contribution in [2.24, 2.45) is 0 Å². The summed E-state index contributed by atoms with van der Waals surface area (Å²) in [6.45, 7) is 3.78. The normalized spacial score (nSPS) is 8.90. The predicted octanol–water partition coefficient (Wildman–Crippen LogP) is -0.745. The maximum absolute atomic E-state index is 10.3. The van der Waals surface area contributed by atoms with Crippen molar-refractivity contribution >= 4 is 5.97 Å². The molecule has 0 saturated heterocycles. The number of nitrogens with one attached hydrogen (secondary N) is 1. The Morgan fingerprint density at radius 1 is 1.80 bits per heavy atom. The first-order chi connectivity index (χ1) is 4.81. The average molecular weight is 145 g/mol. The first-order valence-electron chi connectivity index (χ1n) is 2.92. The smallest absolute Gasteiger partial charge is 0.331 e. The van der Waals surface area contributed by atoms with Crippen LogP contribution in [-0.2, 0) is 9.53 Å². The fourth-order valence-corrected chi connectivity index (χ4v) is 0.332. The minimum absolute atomic E-state index is 0.0334. The van der Waals surface area contributed by atoms with E-state index in [1.54, 1.807) is 0 Å². The summed E-state index contributed by atoms with van der Waals surface area (Å²) < 4.78 is 4.51. The van der Waals surface area contributed by atoms with Crippen LogP contribution >= 0.6 is 0 Å². The van der Waals surface area contributed by atoms with Gasteiger partial charge in [-0.1, -0.05) is 6.58 Å². The number of carbonyl (C=O) groups excluding carboxylic acids is 1. The lowest BCUT2D eigenvalue weighted by molar-refractivity contribution is -0.138. The molecule has 0 aliphatic carbocycles. The van der Waals surface area contributed by atoms with Crippen LogP contribution in [0, 0.1) is 0 Å². The van der Waals surface area contributed by atoms with Gasteiger partial charge in [0, 0.05) is 12.6 Å². The molecule has 0 radical (unpaired) electrons. The number of carbonyl (C=O) groups is 1. The molecule has 4 heteroatoms. The zero-order valence-corrected chi connectivity index (χ0v) is 5.67. The first-order valence-corrected chi connectivity index (χ1v) is 2.92. The van der Waals surface area contributed by atoms with E-state index < -0.39 is 5.97 Å². The second-order valence-corrected chi connectivity index (χ2v) is 1.54. The van der Waals surface area contributed by atoms with Gasteiger partial charge in [-0.3, -0.25) is 5.32 Å². The fraction of sp³-hybridized carbons (Fsp3) is 0.500.